The lowest BCUT2D eigenvalue weighted by atomic mass is 10.3. The van der Waals surface area contributed by atoms with Crippen molar-refractivity contribution in [2.45, 2.75) is 13.3 Å². The van der Waals surface area contributed by atoms with E-state index in [0.29, 0.717) is 5.88 Å². The van der Waals surface area contributed by atoms with Crippen LogP contribution in [0, 0.1) is 6.92 Å². The Labute approximate surface area is 75.8 Å². The van der Waals surface area contributed by atoms with E-state index in [2.05, 4.69) is 4.98 Å². The van der Waals surface area contributed by atoms with E-state index in [-0.39, 0.29) is 12.4 Å². The molecule has 1 rings (SSSR count). The number of aryl methyl sites for hydroxylation is 2. The van der Waals surface area contributed by atoms with Gasteiger partial charge in [0.25, 0.3) is 0 Å². The van der Waals surface area contributed by atoms with Crippen LogP contribution >= 0.6 is 22.9 Å². The summed E-state index contributed by atoms with van der Waals surface area (Å²) in [6.07, 6.45) is 0.956. The van der Waals surface area contributed by atoms with Gasteiger partial charge in [0.2, 0.25) is 0 Å². The van der Waals surface area contributed by atoms with Crippen LogP contribution in [0.2, 0.25) is 0 Å². The minimum absolute atomic E-state index is 0. The van der Waals surface area contributed by atoms with Gasteiger partial charge >= 0.3 is 0 Å². The zero-order chi connectivity index (χ0) is 6.69. The van der Waals surface area contributed by atoms with Gasteiger partial charge in [0.15, 0.2) is 0 Å². The summed E-state index contributed by atoms with van der Waals surface area (Å²) in [5, 5.41) is 0. The topological polar surface area (TPSA) is 12.9 Å². The van der Waals surface area contributed by atoms with Crippen molar-refractivity contribution < 1.29 is 12.4 Å². The number of hydrogen-bond acceptors (Lipinski definition) is 2. The second kappa shape index (κ2) is 4.94. The van der Waals surface area contributed by atoms with Crippen LogP contribution in [0.5, 0.6) is 0 Å². The van der Waals surface area contributed by atoms with Crippen LogP contribution in [0.25, 0.3) is 0 Å². The predicted octanol–water partition coefficient (Wildman–Crippen LogP) is -0.763. The maximum atomic E-state index is 5.54. The van der Waals surface area contributed by atoms with Crippen molar-refractivity contribution in [3.63, 3.8) is 0 Å². The minimum atomic E-state index is 0. The molecule has 10 heavy (non-hydrogen) atoms. The smallest absolute Gasteiger partial charge is 0.0797 e. The molecular formula is C6H8Cl2NS-. The highest BCUT2D eigenvalue weighted by molar-refractivity contribution is 7.09. The lowest BCUT2D eigenvalue weighted by Crippen LogP contribution is -3.00. The minimum Gasteiger partial charge on any atom is -1.00 e. The van der Waals surface area contributed by atoms with Gasteiger partial charge in [0.1, 0.15) is 0 Å². The summed E-state index contributed by atoms with van der Waals surface area (Å²) < 4.78 is 0. The number of hydrogen-bond donors (Lipinski definition) is 0. The summed E-state index contributed by atoms with van der Waals surface area (Å²) in [4.78, 5) is 5.41. The van der Waals surface area contributed by atoms with Gasteiger partial charge < -0.3 is 12.4 Å². The molecule has 0 radical (unpaired) electrons. The average Bonchev–Trinajstić information content (AvgIpc) is 2.18. The molecule has 0 aliphatic carbocycles. The molecule has 0 saturated heterocycles. The lowest BCUT2D eigenvalue weighted by molar-refractivity contribution is -0.00000187. The molecule has 0 aromatic carbocycles. The van der Waals surface area contributed by atoms with Crippen LogP contribution in [0.15, 0.2) is 5.51 Å². The van der Waals surface area contributed by atoms with Crippen LogP contribution in [0.3, 0.4) is 0 Å². The summed E-state index contributed by atoms with van der Waals surface area (Å²) in [6, 6.07) is 0. The summed E-state index contributed by atoms with van der Waals surface area (Å²) in [6.45, 7) is 2.01. The third kappa shape index (κ3) is 2.45. The number of aromatic nitrogens is 1. The highest BCUT2D eigenvalue weighted by atomic mass is 35.5. The second-order valence-corrected chi connectivity index (χ2v) is 3.12. The van der Waals surface area contributed by atoms with Crippen LogP contribution in [0.1, 0.15) is 10.6 Å². The number of alkyl halides is 1. The van der Waals surface area contributed by atoms with Gasteiger partial charge in [-0.1, -0.05) is 0 Å². The average molecular weight is 197 g/mol. The molecule has 0 aliphatic rings. The monoisotopic (exact) mass is 196 g/mol. The first kappa shape index (κ1) is 10.2. The van der Waals surface area contributed by atoms with Crippen molar-refractivity contribution in [1.82, 2.24) is 4.98 Å². The Hall–Kier alpha value is 0.210. The van der Waals surface area contributed by atoms with Gasteiger partial charge in [-0.05, 0) is 13.3 Å². The van der Waals surface area contributed by atoms with Crippen molar-refractivity contribution in [2.75, 3.05) is 5.88 Å². The van der Waals surface area contributed by atoms with Crippen molar-refractivity contribution >= 4 is 22.9 Å². The van der Waals surface area contributed by atoms with Gasteiger partial charge in [-0.2, -0.15) is 0 Å². The quantitative estimate of drug-likeness (QED) is 0.568. The SMILES string of the molecule is Cc1ncsc1CCCl.[Cl-]. The fourth-order valence-electron chi connectivity index (χ4n) is 0.652. The van der Waals surface area contributed by atoms with Gasteiger partial charge in [0, 0.05) is 10.8 Å². The van der Waals surface area contributed by atoms with E-state index in [4.69, 9.17) is 11.6 Å². The fourth-order valence-corrected chi connectivity index (χ4v) is 1.73. The Morgan fingerprint density at radius 3 is 2.80 bits per heavy atom. The number of rotatable bonds is 2. The molecule has 0 unspecified atom stereocenters. The zero-order valence-electron chi connectivity index (χ0n) is 5.60. The van der Waals surface area contributed by atoms with Gasteiger partial charge in [-0.15, -0.1) is 22.9 Å². The van der Waals surface area contributed by atoms with E-state index < -0.39 is 0 Å². The molecule has 0 spiro atoms. The van der Waals surface area contributed by atoms with E-state index >= 15 is 0 Å². The fraction of sp³-hybridized carbons (Fsp3) is 0.500. The van der Waals surface area contributed by atoms with E-state index in [1.54, 1.807) is 11.3 Å². The molecule has 58 valence electrons. The Balaban J connectivity index is 0.000000810. The Bertz CT molecular complexity index is 188. The van der Waals surface area contributed by atoms with Crippen molar-refractivity contribution in [2.24, 2.45) is 0 Å². The van der Waals surface area contributed by atoms with E-state index in [0.717, 1.165) is 12.1 Å². The van der Waals surface area contributed by atoms with Gasteiger partial charge in [-0.3, -0.25) is 0 Å². The van der Waals surface area contributed by atoms with Crippen LogP contribution < -0.4 is 12.4 Å². The Kier molecular flexibility index (Phi) is 5.04. The normalized spacial score (nSPS) is 9.00. The molecule has 4 heteroatoms. The molecular weight excluding hydrogens is 189 g/mol. The first-order valence-corrected chi connectivity index (χ1v) is 4.21. The summed E-state index contributed by atoms with van der Waals surface area (Å²) >= 11 is 7.22. The number of halogens is 2. The third-order valence-corrected chi connectivity index (χ3v) is 2.35. The number of nitrogens with zero attached hydrogens (tertiary/aromatic N) is 1. The first-order chi connectivity index (χ1) is 4.34. The molecule has 0 amide bonds. The largest absolute Gasteiger partial charge is 1.00 e. The molecule has 0 bridgehead atoms. The summed E-state index contributed by atoms with van der Waals surface area (Å²) in [5.41, 5.74) is 2.98. The van der Waals surface area contributed by atoms with Crippen molar-refractivity contribution in [3.8, 4) is 0 Å². The highest BCUT2D eigenvalue weighted by Crippen LogP contribution is 2.12. The molecule has 0 fully saturated rings. The van der Waals surface area contributed by atoms with Crippen LogP contribution in [0.4, 0.5) is 0 Å². The zero-order valence-corrected chi connectivity index (χ0v) is 7.93. The first-order valence-electron chi connectivity index (χ1n) is 2.79. The maximum Gasteiger partial charge on any atom is 0.0797 e. The summed E-state index contributed by atoms with van der Waals surface area (Å²) in [5.74, 6) is 0.697. The standard InChI is InChI=1S/C6H8ClNS.ClH/c1-5-6(2-3-7)9-4-8-5;/h4H,2-3H2,1H3;1H/p-1. The molecule has 1 heterocycles. The molecule has 1 aromatic rings. The molecule has 0 N–H and O–H groups in total. The molecule has 1 aromatic heterocycles. The van der Waals surface area contributed by atoms with Gasteiger partial charge in [-0.25, -0.2) is 4.98 Å². The Morgan fingerprint density at radius 2 is 2.40 bits per heavy atom. The summed E-state index contributed by atoms with van der Waals surface area (Å²) in [7, 11) is 0. The molecule has 0 aliphatic heterocycles. The maximum absolute atomic E-state index is 5.54. The van der Waals surface area contributed by atoms with Crippen LogP contribution in [-0.2, 0) is 6.42 Å². The van der Waals surface area contributed by atoms with E-state index in [9.17, 15) is 0 Å². The van der Waals surface area contributed by atoms with E-state index in [1.165, 1.54) is 4.88 Å². The van der Waals surface area contributed by atoms with Crippen molar-refractivity contribution in [3.05, 3.63) is 16.1 Å². The molecule has 0 atom stereocenters. The van der Waals surface area contributed by atoms with Crippen LogP contribution in [-0.4, -0.2) is 10.9 Å². The molecule has 1 nitrogen and oxygen atoms in total. The van der Waals surface area contributed by atoms with Crippen molar-refractivity contribution in [1.29, 1.82) is 0 Å². The second-order valence-electron chi connectivity index (χ2n) is 1.80. The molecule has 0 saturated carbocycles. The highest BCUT2D eigenvalue weighted by Gasteiger charge is 1.97. The third-order valence-electron chi connectivity index (χ3n) is 1.17. The predicted molar refractivity (Wildman–Crippen MR) is 41.3 cm³/mol. The van der Waals surface area contributed by atoms with E-state index in [1.807, 2.05) is 12.4 Å². The van der Waals surface area contributed by atoms with Gasteiger partial charge in [0.05, 0.1) is 11.2 Å². The Morgan fingerprint density at radius 1 is 1.70 bits per heavy atom. The lowest BCUT2D eigenvalue weighted by Gasteiger charge is -1.89. The number of thiazole rings is 1.